The van der Waals surface area contributed by atoms with E-state index in [2.05, 4.69) is 21.6 Å². The second-order valence-corrected chi connectivity index (χ2v) is 5.08. The van der Waals surface area contributed by atoms with Crippen LogP contribution in [0.1, 0.15) is 11.5 Å². The molecule has 0 amide bonds. The van der Waals surface area contributed by atoms with Gasteiger partial charge in [0.2, 0.25) is 11.8 Å². The van der Waals surface area contributed by atoms with Crippen molar-refractivity contribution in [3.05, 3.63) is 53.9 Å². The molecule has 0 spiro atoms. The molecule has 1 heterocycles. The molecule has 0 aliphatic rings. The maximum absolute atomic E-state index is 9.10. The Hall–Kier alpha value is -3.53. The molecule has 7 nitrogen and oxygen atoms in total. The van der Waals surface area contributed by atoms with Gasteiger partial charge in [-0.2, -0.15) is 5.26 Å². The molecule has 0 saturated heterocycles. The summed E-state index contributed by atoms with van der Waals surface area (Å²) in [6.45, 7) is 0.318. The topological polar surface area (TPSA) is 93.2 Å². The van der Waals surface area contributed by atoms with Crippen LogP contribution in [0.5, 0.6) is 11.5 Å². The molecule has 1 N–H and O–H groups in total. The largest absolute Gasteiger partial charge is 0.493 e. The summed E-state index contributed by atoms with van der Waals surface area (Å²) in [5.41, 5.74) is 2.01. The van der Waals surface area contributed by atoms with Gasteiger partial charge >= 0.3 is 0 Å². The highest BCUT2D eigenvalue weighted by molar-refractivity contribution is 5.60. The van der Waals surface area contributed by atoms with Gasteiger partial charge in [0.15, 0.2) is 11.5 Å². The van der Waals surface area contributed by atoms with E-state index in [1.54, 1.807) is 32.4 Å². The van der Waals surface area contributed by atoms with E-state index in [9.17, 15) is 0 Å². The number of benzene rings is 2. The van der Waals surface area contributed by atoms with Crippen LogP contribution in [-0.2, 0) is 6.54 Å². The molecule has 0 radical (unpaired) electrons. The lowest BCUT2D eigenvalue weighted by atomic mass is 10.2. The van der Waals surface area contributed by atoms with Gasteiger partial charge in [0.05, 0.1) is 32.0 Å². The second kappa shape index (κ2) is 7.36. The molecule has 0 bridgehead atoms. The minimum atomic E-state index is 0.318. The first-order valence-corrected chi connectivity index (χ1v) is 7.53. The zero-order chi connectivity index (χ0) is 17.6. The third-order valence-electron chi connectivity index (χ3n) is 3.57. The molecule has 3 aromatic rings. The van der Waals surface area contributed by atoms with E-state index in [0.717, 1.165) is 11.3 Å². The van der Waals surface area contributed by atoms with Crippen molar-refractivity contribution in [2.75, 3.05) is 19.5 Å². The molecule has 7 heteroatoms. The molecular weight excluding hydrogens is 320 g/mol. The maximum atomic E-state index is 9.10. The van der Waals surface area contributed by atoms with Crippen molar-refractivity contribution < 1.29 is 13.9 Å². The fourth-order valence-electron chi connectivity index (χ4n) is 2.32. The Labute approximate surface area is 144 Å². The van der Waals surface area contributed by atoms with Gasteiger partial charge in [-0.05, 0) is 30.3 Å². The molecule has 0 atom stereocenters. The average Bonchev–Trinajstić information content (AvgIpc) is 3.15. The van der Waals surface area contributed by atoms with E-state index in [0.29, 0.717) is 35.4 Å². The highest BCUT2D eigenvalue weighted by atomic mass is 16.5. The van der Waals surface area contributed by atoms with E-state index in [-0.39, 0.29) is 0 Å². The lowest BCUT2D eigenvalue weighted by Crippen LogP contribution is -2.01. The Balaban J connectivity index is 1.76. The summed E-state index contributed by atoms with van der Waals surface area (Å²) in [7, 11) is 3.14. The predicted molar refractivity (Wildman–Crippen MR) is 91.3 cm³/mol. The molecule has 0 aliphatic carbocycles. The Morgan fingerprint density at radius 2 is 1.88 bits per heavy atom. The minimum absolute atomic E-state index is 0.318. The first-order valence-electron chi connectivity index (χ1n) is 7.53. The summed E-state index contributed by atoms with van der Waals surface area (Å²) < 4.78 is 16.2. The number of para-hydroxylation sites is 1. The summed E-state index contributed by atoms with van der Waals surface area (Å²) >= 11 is 0. The number of nitrogens with zero attached hydrogens (tertiary/aromatic N) is 3. The smallest absolute Gasteiger partial charge is 0.247 e. The van der Waals surface area contributed by atoms with Gasteiger partial charge in [0.25, 0.3) is 0 Å². The molecule has 126 valence electrons. The summed E-state index contributed by atoms with van der Waals surface area (Å²) in [4.78, 5) is 0. The minimum Gasteiger partial charge on any atom is -0.493 e. The van der Waals surface area contributed by atoms with Crippen LogP contribution >= 0.6 is 0 Å². The molecule has 0 saturated carbocycles. The van der Waals surface area contributed by atoms with Gasteiger partial charge in [-0.1, -0.05) is 12.1 Å². The number of anilines is 1. The highest BCUT2D eigenvalue weighted by Gasteiger charge is 2.12. The maximum Gasteiger partial charge on any atom is 0.247 e. The summed E-state index contributed by atoms with van der Waals surface area (Å²) in [6, 6.07) is 14.7. The van der Waals surface area contributed by atoms with Gasteiger partial charge in [0, 0.05) is 5.56 Å². The molecule has 2 aromatic carbocycles. The fraction of sp³-hybridized carbons (Fsp3) is 0.167. The van der Waals surface area contributed by atoms with Gasteiger partial charge in [-0.25, -0.2) is 0 Å². The number of hydrogen-bond donors (Lipinski definition) is 1. The molecule has 3 rings (SSSR count). The Morgan fingerprint density at radius 3 is 2.64 bits per heavy atom. The number of nitriles is 1. The summed E-state index contributed by atoms with van der Waals surface area (Å²) in [6.07, 6.45) is 0. The lowest BCUT2D eigenvalue weighted by molar-refractivity contribution is 0.355. The number of hydrogen-bond acceptors (Lipinski definition) is 7. The first-order chi connectivity index (χ1) is 12.2. The zero-order valence-corrected chi connectivity index (χ0v) is 13.8. The van der Waals surface area contributed by atoms with Crippen molar-refractivity contribution in [3.8, 4) is 29.0 Å². The number of aromatic nitrogens is 2. The van der Waals surface area contributed by atoms with E-state index in [4.69, 9.17) is 19.2 Å². The van der Waals surface area contributed by atoms with Crippen molar-refractivity contribution in [1.29, 1.82) is 5.26 Å². The van der Waals surface area contributed by atoms with Gasteiger partial charge in [-0.3, -0.25) is 0 Å². The molecule has 0 aliphatic heterocycles. The highest BCUT2D eigenvalue weighted by Crippen LogP contribution is 2.31. The zero-order valence-electron chi connectivity index (χ0n) is 13.8. The number of methoxy groups -OCH3 is 2. The molecule has 25 heavy (non-hydrogen) atoms. The Morgan fingerprint density at radius 1 is 1.08 bits per heavy atom. The third-order valence-corrected chi connectivity index (χ3v) is 3.57. The van der Waals surface area contributed by atoms with Gasteiger partial charge in [-0.15, -0.1) is 10.2 Å². The first kappa shape index (κ1) is 16.3. The fourth-order valence-corrected chi connectivity index (χ4v) is 2.32. The normalized spacial score (nSPS) is 10.1. The quantitative estimate of drug-likeness (QED) is 0.738. The van der Waals surface area contributed by atoms with Crippen LogP contribution in [0.2, 0.25) is 0 Å². The van der Waals surface area contributed by atoms with E-state index in [1.165, 1.54) is 0 Å². The summed E-state index contributed by atoms with van der Waals surface area (Å²) in [5, 5.41) is 20.3. The Bertz CT molecular complexity index is 915. The van der Waals surface area contributed by atoms with Crippen LogP contribution in [-0.4, -0.2) is 24.4 Å². The van der Waals surface area contributed by atoms with Crippen molar-refractivity contribution in [3.63, 3.8) is 0 Å². The second-order valence-electron chi connectivity index (χ2n) is 5.08. The Kier molecular flexibility index (Phi) is 4.81. The standard InChI is InChI=1S/C18H16N4O3/c1-23-15-8-7-12(9-16(15)24-2)18-22-21-17(25-18)11-20-14-6-4-3-5-13(14)10-19/h3-9,20H,11H2,1-2H3. The van der Waals surface area contributed by atoms with Crippen LogP contribution in [0, 0.1) is 11.3 Å². The van der Waals surface area contributed by atoms with E-state index >= 15 is 0 Å². The van der Waals surface area contributed by atoms with E-state index in [1.807, 2.05) is 24.3 Å². The third kappa shape index (κ3) is 3.53. The van der Waals surface area contributed by atoms with Gasteiger partial charge in [0.1, 0.15) is 6.07 Å². The van der Waals surface area contributed by atoms with Crippen LogP contribution in [0.25, 0.3) is 11.5 Å². The SMILES string of the molecule is COc1ccc(-c2nnc(CNc3ccccc3C#N)o2)cc1OC. The van der Waals surface area contributed by atoms with E-state index < -0.39 is 0 Å². The van der Waals surface area contributed by atoms with Gasteiger partial charge < -0.3 is 19.2 Å². The monoisotopic (exact) mass is 336 g/mol. The van der Waals surface area contributed by atoms with Crippen LogP contribution < -0.4 is 14.8 Å². The number of nitrogens with one attached hydrogen (secondary N) is 1. The van der Waals surface area contributed by atoms with Crippen LogP contribution in [0.4, 0.5) is 5.69 Å². The predicted octanol–water partition coefficient (Wildman–Crippen LogP) is 3.24. The molecule has 1 aromatic heterocycles. The molecule has 0 unspecified atom stereocenters. The summed E-state index contributed by atoms with van der Waals surface area (Å²) in [5.74, 6) is 2.01. The van der Waals surface area contributed by atoms with Crippen molar-refractivity contribution in [1.82, 2.24) is 10.2 Å². The molecular formula is C18H16N4O3. The number of ether oxygens (including phenoxy) is 2. The number of rotatable bonds is 6. The van der Waals surface area contributed by atoms with Crippen molar-refractivity contribution in [2.24, 2.45) is 0 Å². The van der Waals surface area contributed by atoms with Crippen molar-refractivity contribution in [2.45, 2.75) is 6.54 Å². The molecule has 0 fully saturated rings. The lowest BCUT2D eigenvalue weighted by Gasteiger charge is -2.07. The van der Waals surface area contributed by atoms with Crippen LogP contribution in [0.3, 0.4) is 0 Å². The average molecular weight is 336 g/mol. The van der Waals surface area contributed by atoms with Crippen LogP contribution in [0.15, 0.2) is 46.9 Å². The van der Waals surface area contributed by atoms with Crippen molar-refractivity contribution >= 4 is 5.69 Å².